The van der Waals surface area contributed by atoms with Gasteiger partial charge in [-0.25, -0.2) is 0 Å². The van der Waals surface area contributed by atoms with Crippen molar-refractivity contribution in [1.82, 2.24) is 4.98 Å². The third-order valence-corrected chi connectivity index (χ3v) is 3.05. The molecule has 0 aromatic carbocycles. The summed E-state index contributed by atoms with van der Waals surface area (Å²) in [4.78, 5) is 14.1. The number of primary amides is 1. The molecule has 4 heteroatoms. The van der Waals surface area contributed by atoms with Crippen LogP contribution < -0.4 is 11.1 Å². The molecule has 15 heavy (non-hydrogen) atoms. The Labute approximate surface area is 89.2 Å². The van der Waals surface area contributed by atoms with Gasteiger partial charge in [-0.2, -0.15) is 0 Å². The number of carbonyl (C=O) groups excluding carboxylic acids is 1. The van der Waals surface area contributed by atoms with Crippen LogP contribution in [0.1, 0.15) is 25.7 Å². The molecule has 4 N–H and O–H groups in total. The summed E-state index contributed by atoms with van der Waals surface area (Å²) in [5, 5.41) is 3.41. The second kappa shape index (κ2) is 4.38. The topological polar surface area (TPSA) is 70.9 Å². The average molecular weight is 207 g/mol. The summed E-state index contributed by atoms with van der Waals surface area (Å²) in [5.74, 6) is -0.106. The van der Waals surface area contributed by atoms with Crippen LogP contribution in [0.4, 0.5) is 5.69 Å². The number of nitrogens with two attached hydrogens (primary N) is 1. The van der Waals surface area contributed by atoms with Crippen LogP contribution in [-0.2, 0) is 4.79 Å². The molecule has 1 aromatic heterocycles. The van der Waals surface area contributed by atoms with Crippen molar-refractivity contribution in [3.63, 3.8) is 0 Å². The number of anilines is 1. The molecule has 1 amide bonds. The van der Waals surface area contributed by atoms with Crippen LogP contribution in [-0.4, -0.2) is 16.9 Å². The zero-order valence-corrected chi connectivity index (χ0v) is 8.70. The van der Waals surface area contributed by atoms with Gasteiger partial charge in [-0.1, -0.05) is 6.42 Å². The first kappa shape index (κ1) is 10.1. The van der Waals surface area contributed by atoms with Gasteiger partial charge in [0.15, 0.2) is 0 Å². The highest BCUT2D eigenvalue weighted by molar-refractivity contribution is 5.76. The van der Waals surface area contributed by atoms with Gasteiger partial charge in [0.25, 0.3) is 0 Å². The standard InChI is InChI=1S/C11H17N3O/c12-11(15)8-2-1-3-9(6-8)14-10-4-5-13-7-10/h4-5,7-9,13-14H,1-3,6H2,(H2,12,15)/t8-,9-/m1/s1. The molecule has 0 spiro atoms. The zero-order chi connectivity index (χ0) is 10.7. The molecule has 2 rings (SSSR count). The van der Waals surface area contributed by atoms with Crippen LogP contribution in [0.3, 0.4) is 0 Å². The van der Waals surface area contributed by atoms with E-state index >= 15 is 0 Å². The molecule has 0 radical (unpaired) electrons. The van der Waals surface area contributed by atoms with Gasteiger partial charge in [-0.3, -0.25) is 4.79 Å². The van der Waals surface area contributed by atoms with Crippen molar-refractivity contribution < 1.29 is 4.79 Å². The van der Waals surface area contributed by atoms with Gasteiger partial charge in [0.1, 0.15) is 0 Å². The molecule has 1 saturated carbocycles. The number of aromatic nitrogens is 1. The molecule has 0 unspecified atom stereocenters. The van der Waals surface area contributed by atoms with Gasteiger partial charge >= 0.3 is 0 Å². The maximum absolute atomic E-state index is 11.1. The minimum Gasteiger partial charge on any atom is -0.381 e. The maximum atomic E-state index is 11.1. The second-order valence-electron chi connectivity index (χ2n) is 4.21. The van der Waals surface area contributed by atoms with E-state index in [1.165, 1.54) is 0 Å². The van der Waals surface area contributed by atoms with E-state index in [9.17, 15) is 4.79 Å². The van der Waals surface area contributed by atoms with Gasteiger partial charge in [0.05, 0.1) is 5.69 Å². The number of hydrogen-bond acceptors (Lipinski definition) is 2. The van der Waals surface area contributed by atoms with Gasteiger partial charge in [-0.15, -0.1) is 0 Å². The van der Waals surface area contributed by atoms with E-state index in [-0.39, 0.29) is 11.8 Å². The molecule has 1 fully saturated rings. The first-order valence-corrected chi connectivity index (χ1v) is 5.44. The van der Waals surface area contributed by atoms with Gasteiger partial charge < -0.3 is 16.0 Å². The summed E-state index contributed by atoms with van der Waals surface area (Å²) in [6, 6.07) is 2.38. The highest BCUT2D eigenvalue weighted by Crippen LogP contribution is 2.26. The summed E-state index contributed by atoms with van der Waals surface area (Å²) >= 11 is 0. The van der Waals surface area contributed by atoms with Crippen molar-refractivity contribution in [2.75, 3.05) is 5.32 Å². The van der Waals surface area contributed by atoms with Crippen LogP contribution in [0.15, 0.2) is 18.5 Å². The Morgan fingerprint density at radius 2 is 2.40 bits per heavy atom. The lowest BCUT2D eigenvalue weighted by Gasteiger charge is -2.28. The first-order chi connectivity index (χ1) is 7.25. The van der Waals surface area contributed by atoms with E-state index in [0.29, 0.717) is 6.04 Å². The van der Waals surface area contributed by atoms with E-state index in [4.69, 9.17) is 5.73 Å². The number of nitrogens with one attached hydrogen (secondary N) is 2. The van der Waals surface area contributed by atoms with E-state index in [1.807, 2.05) is 18.5 Å². The summed E-state index contributed by atoms with van der Waals surface area (Å²) in [5.41, 5.74) is 6.42. The maximum Gasteiger partial charge on any atom is 0.220 e. The predicted molar refractivity (Wildman–Crippen MR) is 59.4 cm³/mol. The monoisotopic (exact) mass is 207 g/mol. The van der Waals surface area contributed by atoms with E-state index in [0.717, 1.165) is 31.4 Å². The summed E-state index contributed by atoms with van der Waals surface area (Å²) in [7, 11) is 0. The fraction of sp³-hybridized carbons (Fsp3) is 0.545. The largest absolute Gasteiger partial charge is 0.381 e. The second-order valence-corrected chi connectivity index (χ2v) is 4.21. The number of hydrogen-bond donors (Lipinski definition) is 3. The Kier molecular flexibility index (Phi) is 2.94. The van der Waals surface area contributed by atoms with E-state index in [1.54, 1.807) is 0 Å². The number of aromatic amines is 1. The Morgan fingerprint density at radius 1 is 1.53 bits per heavy atom. The third-order valence-electron chi connectivity index (χ3n) is 3.05. The molecule has 2 atom stereocenters. The smallest absolute Gasteiger partial charge is 0.220 e. The Morgan fingerprint density at radius 3 is 3.07 bits per heavy atom. The third kappa shape index (κ3) is 2.52. The van der Waals surface area contributed by atoms with Crippen molar-refractivity contribution in [3.8, 4) is 0 Å². The highest BCUT2D eigenvalue weighted by Gasteiger charge is 2.25. The van der Waals surface area contributed by atoms with Crippen LogP contribution in [0.5, 0.6) is 0 Å². The molecule has 1 aliphatic rings. The van der Waals surface area contributed by atoms with E-state index < -0.39 is 0 Å². The molecule has 1 heterocycles. The Bertz CT molecular complexity index is 321. The number of carbonyl (C=O) groups is 1. The Balaban J connectivity index is 1.90. The van der Waals surface area contributed by atoms with Crippen molar-refractivity contribution in [2.45, 2.75) is 31.7 Å². The molecule has 0 aliphatic heterocycles. The van der Waals surface area contributed by atoms with Gasteiger partial charge in [0, 0.05) is 24.4 Å². The normalized spacial score (nSPS) is 26.1. The summed E-state index contributed by atoms with van der Waals surface area (Å²) in [6.45, 7) is 0. The van der Waals surface area contributed by atoms with Gasteiger partial charge in [-0.05, 0) is 25.3 Å². The molecular formula is C11H17N3O. The van der Waals surface area contributed by atoms with Crippen molar-refractivity contribution >= 4 is 11.6 Å². The highest BCUT2D eigenvalue weighted by atomic mass is 16.1. The fourth-order valence-electron chi connectivity index (χ4n) is 2.23. The van der Waals surface area contributed by atoms with Crippen LogP contribution in [0.25, 0.3) is 0 Å². The van der Waals surface area contributed by atoms with Crippen molar-refractivity contribution in [2.24, 2.45) is 11.7 Å². The van der Waals surface area contributed by atoms with Crippen LogP contribution in [0.2, 0.25) is 0 Å². The molecule has 4 nitrogen and oxygen atoms in total. The molecular weight excluding hydrogens is 190 g/mol. The van der Waals surface area contributed by atoms with Crippen molar-refractivity contribution in [3.05, 3.63) is 18.5 Å². The molecule has 0 bridgehead atoms. The van der Waals surface area contributed by atoms with Gasteiger partial charge in [0.2, 0.25) is 5.91 Å². The van der Waals surface area contributed by atoms with Crippen LogP contribution in [0, 0.1) is 5.92 Å². The summed E-state index contributed by atoms with van der Waals surface area (Å²) < 4.78 is 0. The molecule has 1 aromatic rings. The minimum atomic E-state index is -0.157. The lowest BCUT2D eigenvalue weighted by atomic mass is 9.85. The zero-order valence-electron chi connectivity index (χ0n) is 8.70. The molecule has 0 saturated heterocycles. The number of H-pyrrole nitrogens is 1. The lowest BCUT2D eigenvalue weighted by molar-refractivity contribution is -0.122. The first-order valence-electron chi connectivity index (χ1n) is 5.44. The Hall–Kier alpha value is -1.45. The minimum absolute atomic E-state index is 0.0511. The van der Waals surface area contributed by atoms with Crippen molar-refractivity contribution in [1.29, 1.82) is 0 Å². The number of amides is 1. The van der Waals surface area contributed by atoms with E-state index in [2.05, 4.69) is 10.3 Å². The molecule has 82 valence electrons. The fourth-order valence-corrected chi connectivity index (χ4v) is 2.23. The lowest BCUT2D eigenvalue weighted by Crippen LogP contribution is -2.34. The average Bonchev–Trinajstić information content (AvgIpc) is 2.71. The SMILES string of the molecule is NC(=O)[C@@H]1CCC[C@@H](Nc2cc[nH]c2)C1. The quantitative estimate of drug-likeness (QED) is 0.702. The van der Waals surface area contributed by atoms with Crippen LogP contribution >= 0.6 is 0 Å². The predicted octanol–water partition coefficient (Wildman–Crippen LogP) is 1.47. The summed E-state index contributed by atoms with van der Waals surface area (Å²) in [6.07, 6.45) is 7.82. The molecule has 1 aliphatic carbocycles. The number of rotatable bonds is 3.